The summed E-state index contributed by atoms with van der Waals surface area (Å²) in [7, 11) is 0. The van der Waals surface area contributed by atoms with Crippen LogP contribution in [0.15, 0.2) is 28.2 Å². The Bertz CT molecular complexity index is 543. The van der Waals surface area contributed by atoms with Gasteiger partial charge in [0.2, 0.25) is 0 Å². The van der Waals surface area contributed by atoms with Gasteiger partial charge in [-0.25, -0.2) is 4.98 Å². The summed E-state index contributed by atoms with van der Waals surface area (Å²) in [5.41, 5.74) is 0.396. The lowest BCUT2D eigenvalue weighted by molar-refractivity contribution is 0.0561. The lowest BCUT2D eigenvalue weighted by Gasteiger charge is -2.31. The van der Waals surface area contributed by atoms with Gasteiger partial charge in [-0.2, -0.15) is 0 Å². The van der Waals surface area contributed by atoms with Gasteiger partial charge in [-0.1, -0.05) is 0 Å². The predicted molar refractivity (Wildman–Crippen MR) is 66.3 cm³/mol. The lowest BCUT2D eigenvalue weighted by Crippen LogP contribution is -2.46. The minimum Gasteiger partial charge on any atom is -0.462 e. The van der Waals surface area contributed by atoms with Gasteiger partial charge < -0.3 is 14.8 Å². The Morgan fingerprint density at radius 1 is 1.56 bits per heavy atom. The highest BCUT2D eigenvalue weighted by molar-refractivity contribution is 7.13. The van der Waals surface area contributed by atoms with Crippen LogP contribution in [-0.4, -0.2) is 28.1 Å². The highest BCUT2D eigenvalue weighted by Gasteiger charge is 2.29. The molecular formula is C12H12N2O3S. The fourth-order valence-electron chi connectivity index (χ4n) is 1.86. The third-order valence-corrected chi connectivity index (χ3v) is 3.77. The zero-order valence-electron chi connectivity index (χ0n) is 9.50. The SMILES string of the molecule is O=C(NC1CC(O)C1)c1csc(-c2ccco2)n1. The topological polar surface area (TPSA) is 75.4 Å². The monoisotopic (exact) mass is 264 g/mol. The molecule has 0 saturated heterocycles. The number of aromatic nitrogens is 1. The number of aliphatic hydroxyl groups excluding tert-OH is 1. The van der Waals surface area contributed by atoms with E-state index in [0.717, 1.165) is 0 Å². The number of hydrogen-bond donors (Lipinski definition) is 2. The molecule has 1 aliphatic rings. The molecule has 6 heteroatoms. The Labute approximate surface area is 107 Å². The molecule has 1 amide bonds. The molecule has 1 aliphatic carbocycles. The van der Waals surface area contributed by atoms with E-state index in [1.165, 1.54) is 11.3 Å². The second-order valence-corrected chi connectivity index (χ2v) is 5.17. The largest absolute Gasteiger partial charge is 0.462 e. The van der Waals surface area contributed by atoms with Crippen molar-refractivity contribution in [3.05, 3.63) is 29.5 Å². The van der Waals surface area contributed by atoms with Gasteiger partial charge in [0.15, 0.2) is 10.8 Å². The normalized spacial score (nSPS) is 22.5. The molecule has 2 aromatic rings. The number of thiazole rings is 1. The summed E-state index contributed by atoms with van der Waals surface area (Å²) in [5.74, 6) is 0.471. The maximum atomic E-state index is 11.9. The fourth-order valence-corrected chi connectivity index (χ4v) is 2.62. The van der Waals surface area contributed by atoms with E-state index in [9.17, 15) is 4.79 Å². The van der Waals surface area contributed by atoms with Crippen LogP contribution in [0.5, 0.6) is 0 Å². The van der Waals surface area contributed by atoms with Crippen LogP contribution in [-0.2, 0) is 0 Å². The molecule has 0 unspecified atom stereocenters. The van der Waals surface area contributed by atoms with Crippen LogP contribution in [0.2, 0.25) is 0 Å². The van der Waals surface area contributed by atoms with Gasteiger partial charge in [0.1, 0.15) is 5.69 Å². The van der Waals surface area contributed by atoms with Gasteiger partial charge in [0.05, 0.1) is 12.4 Å². The third-order valence-electron chi connectivity index (χ3n) is 2.92. The molecule has 0 atom stereocenters. The molecule has 0 bridgehead atoms. The van der Waals surface area contributed by atoms with Crippen LogP contribution in [0.4, 0.5) is 0 Å². The first-order valence-corrected chi connectivity index (χ1v) is 6.58. The van der Waals surface area contributed by atoms with Crippen molar-refractivity contribution in [2.24, 2.45) is 0 Å². The molecule has 3 rings (SSSR count). The van der Waals surface area contributed by atoms with Crippen molar-refractivity contribution in [2.45, 2.75) is 25.0 Å². The van der Waals surface area contributed by atoms with Gasteiger partial charge >= 0.3 is 0 Å². The van der Waals surface area contributed by atoms with E-state index in [-0.39, 0.29) is 18.1 Å². The minimum absolute atomic E-state index is 0.0706. The van der Waals surface area contributed by atoms with E-state index in [4.69, 9.17) is 9.52 Å². The maximum Gasteiger partial charge on any atom is 0.270 e. The molecule has 5 nitrogen and oxygen atoms in total. The number of nitrogens with one attached hydrogen (secondary N) is 1. The first-order valence-electron chi connectivity index (χ1n) is 5.70. The van der Waals surface area contributed by atoms with Crippen molar-refractivity contribution in [3.8, 4) is 10.8 Å². The molecular weight excluding hydrogens is 252 g/mol. The van der Waals surface area contributed by atoms with E-state index < -0.39 is 0 Å². The summed E-state index contributed by atoms with van der Waals surface area (Å²) in [4.78, 5) is 16.1. The Hall–Kier alpha value is -1.66. The second-order valence-electron chi connectivity index (χ2n) is 4.31. The number of hydrogen-bond acceptors (Lipinski definition) is 5. The van der Waals surface area contributed by atoms with Crippen LogP contribution in [0.3, 0.4) is 0 Å². The van der Waals surface area contributed by atoms with Gasteiger partial charge in [-0.15, -0.1) is 11.3 Å². The Morgan fingerprint density at radius 3 is 3.06 bits per heavy atom. The van der Waals surface area contributed by atoms with Crippen molar-refractivity contribution in [1.29, 1.82) is 0 Å². The van der Waals surface area contributed by atoms with Gasteiger partial charge in [0, 0.05) is 11.4 Å². The van der Waals surface area contributed by atoms with Crippen LogP contribution in [0.1, 0.15) is 23.3 Å². The van der Waals surface area contributed by atoms with Gasteiger partial charge in [-0.3, -0.25) is 4.79 Å². The van der Waals surface area contributed by atoms with Crippen LogP contribution in [0.25, 0.3) is 10.8 Å². The Morgan fingerprint density at radius 2 is 2.39 bits per heavy atom. The molecule has 94 valence electrons. The van der Waals surface area contributed by atoms with Crippen molar-refractivity contribution in [2.75, 3.05) is 0 Å². The van der Waals surface area contributed by atoms with E-state index in [0.29, 0.717) is 29.3 Å². The van der Waals surface area contributed by atoms with E-state index in [2.05, 4.69) is 10.3 Å². The fraction of sp³-hybridized carbons (Fsp3) is 0.333. The van der Waals surface area contributed by atoms with Crippen LogP contribution < -0.4 is 5.32 Å². The maximum absolute atomic E-state index is 11.9. The predicted octanol–water partition coefficient (Wildman–Crippen LogP) is 1.66. The number of carbonyl (C=O) groups is 1. The molecule has 0 aliphatic heterocycles. The quantitative estimate of drug-likeness (QED) is 0.884. The smallest absolute Gasteiger partial charge is 0.270 e. The first-order chi connectivity index (χ1) is 8.72. The molecule has 0 spiro atoms. The van der Waals surface area contributed by atoms with Crippen molar-refractivity contribution < 1.29 is 14.3 Å². The average molecular weight is 264 g/mol. The van der Waals surface area contributed by atoms with Crippen molar-refractivity contribution in [1.82, 2.24) is 10.3 Å². The summed E-state index contributed by atoms with van der Waals surface area (Å²) in [5, 5.41) is 14.4. The Kier molecular flexibility index (Phi) is 2.89. The average Bonchev–Trinajstić information content (AvgIpc) is 2.97. The number of amides is 1. The molecule has 1 fully saturated rings. The zero-order chi connectivity index (χ0) is 12.5. The first kappa shape index (κ1) is 11.4. The van der Waals surface area contributed by atoms with Crippen molar-refractivity contribution >= 4 is 17.2 Å². The van der Waals surface area contributed by atoms with Gasteiger partial charge in [0.25, 0.3) is 5.91 Å². The number of furan rings is 1. The van der Waals surface area contributed by atoms with E-state index in [1.54, 1.807) is 17.7 Å². The molecule has 2 aromatic heterocycles. The highest BCUT2D eigenvalue weighted by Crippen LogP contribution is 2.24. The standard InChI is InChI=1S/C12H12N2O3S/c15-8-4-7(5-8)13-11(16)9-6-18-12(14-9)10-2-1-3-17-10/h1-3,6-8,15H,4-5H2,(H,13,16). The molecule has 2 N–H and O–H groups in total. The highest BCUT2D eigenvalue weighted by atomic mass is 32.1. The van der Waals surface area contributed by atoms with Crippen LogP contribution in [0, 0.1) is 0 Å². The van der Waals surface area contributed by atoms with Crippen LogP contribution >= 0.6 is 11.3 Å². The number of aliphatic hydroxyl groups is 1. The molecule has 0 radical (unpaired) electrons. The number of carbonyl (C=O) groups excluding carboxylic acids is 1. The van der Waals surface area contributed by atoms with Crippen molar-refractivity contribution in [3.63, 3.8) is 0 Å². The van der Waals surface area contributed by atoms with E-state index >= 15 is 0 Å². The zero-order valence-corrected chi connectivity index (χ0v) is 10.3. The summed E-state index contributed by atoms with van der Waals surface area (Å²) >= 11 is 1.37. The molecule has 18 heavy (non-hydrogen) atoms. The third kappa shape index (κ3) is 2.16. The summed E-state index contributed by atoms with van der Waals surface area (Å²) in [6.45, 7) is 0. The van der Waals surface area contributed by atoms with Gasteiger partial charge in [-0.05, 0) is 25.0 Å². The lowest BCUT2D eigenvalue weighted by atomic mass is 9.89. The minimum atomic E-state index is -0.274. The summed E-state index contributed by atoms with van der Waals surface area (Å²) in [6, 6.07) is 3.66. The molecule has 2 heterocycles. The number of rotatable bonds is 3. The van der Waals surface area contributed by atoms with E-state index in [1.807, 2.05) is 6.07 Å². The molecule has 0 aromatic carbocycles. The summed E-state index contributed by atoms with van der Waals surface area (Å²) < 4.78 is 5.22. The summed E-state index contributed by atoms with van der Waals surface area (Å²) in [6.07, 6.45) is 2.55. The number of nitrogens with zero attached hydrogens (tertiary/aromatic N) is 1. The molecule has 1 saturated carbocycles. The Balaban J connectivity index is 1.67. The second kappa shape index (κ2) is 4.55.